The lowest BCUT2D eigenvalue weighted by atomic mass is 10.3. The number of aromatic nitrogens is 3. The van der Waals surface area contributed by atoms with Crippen molar-refractivity contribution in [3.63, 3.8) is 0 Å². The molecule has 0 bridgehead atoms. The molecule has 0 fully saturated rings. The Balaban J connectivity index is 2.54. The summed E-state index contributed by atoms with van der Waals surface area (Å²) in [6.45, 7) is 3.49. The minimum atomic E-state index is -0.620. The summed E-state index contributed by atoms with van der Waals surface area (Å²) >= 11 is 1.40. The van der Waals surface area contributed by atoms with Gasteiger partial charge in [0, 0.05) is 4.88 Å². The number of hydrogen-bond donors (Lipinski definition) is 2. The Bertz CT molecular complexity index is 668. The molecule has 0 atom stereocenters. The van der Waals surface area contributed by atoms with Crippen LogP contribution in [-0.2, 0) is 6.54 Å². The maximum absolute atomic E-state index is 11.6. The van der Waals surface area contributed by atoms with Gasteiger partial charge in [-0.05, 0) is 13.8 Å². The van der Waals surface area contributed by atoms with Crippen molar-refractivity contribution in [2.24, 2.45) is 0 Å². The highest BCUT2D eigenvalue weighted by Crippen LogP contribution is 2.16. The number of aromatic amines is 1. The van der Waals surface area contributed by atoms with Gasteiger partial charge in [0.25, 0.3) is 5.56 Å². The molecule has 2 aromatic heterocycles. The molecule has 2 heterocycles. The van der Waals surface area contributed by atoms with E-state index >= 15 is 0 Å². The number of nitrogens with one attached hydrogen (secondary N) is 1. The van der Waals surface area contributed by atoms with Crippen LogP contribution in [0.2, 0.25) is 0 Å². The number of nitrogens with zero attached hydrogens (tertiary/aromatic N) is 2. The van der Waals surface area contributed by atoms with E-state index in [-0.39, 0.29) is 18.0 Å². The van der Waals surface area contributed by atoms with E-state index in [9.17, 15) is 14.7 Å². The lowest BCUT2D eigenvalue weighted by molar-refractivity contribution is 0.405. The van der Waals surface area contributed by atoms with Gasteiger partial charge in [0.1, 0.15) is 0 Å². The maximum Gasteiger partial charge on any atom is 0.331 e. The third kappa shape index (κ3) is 2.01. The van der Waals surface area contributed by atoms with E-state index in [1.165, 1.54) is 18.3 Å². The van der Waals surface area contributed by atoms with E-state index in [0.29, 0.717) is 0 Å². The van der Waals surface area contributed by atoms with E-state index in [1.807, 2.05) is 6.92 Å². The fourth-order valence-corrected chi connectivity index (χ4v) is 2.19. The first-order chi connectivity index (χ1) is 8.00. The van der Waals surface area contributed by atoms with Crippen molar-refractivity contribution in [2.45, 2.75) is 20.4 Å². The molecule has 0 amide bonds. The molecule has 6 nitrogen and oxygen atoms in total. The third-order valence-electron chi connectivity index (χ3n) is 2.54. The average Bonchev–Trinajstić information content (AvgIpc) is 2.67. The van der Waals surface area contributed by atoms with Crippen molar-refractivity contribution in [1.29, 1.82) is 0 Å². The van der Waals surface area contributed by atoms with Crippen LogP contribution in [0.15, 0.2) is 15.1 Å². The first-order valence-electron chi connectivity index (χ1n) is 4.92. The van der Waals surface area contributed by atoms with Gasteiger partial charge in [-0.25, -0.2) is 9.78 Å². The smallest absolute Gasteiger partial charge is 0.331 e. The Morgan fingerprint density at radius 3 is 2.76 bits per heavy atom. The van der Waals surface area contributed by atoms with Crippen LogP contribution >= 0.6 is 11.3 Å². The molecule has 0 unspecified atom stereocenters. The predicted octanol–water partition coefficient (Wildman–Crippen LogP) is 0.364. The van der Waals surface area contributed by atoms with Crippen molar-refractivity contribution >= 4 is 11.3 Å². The monoisotopic (exact) mass is 253 g/mol. The van der Waals surface area contributed by atoms with E-state index < -0.39 is 11.2 Å². The normalized spacial score (nSPS) is 10.7. The van der Waals surface area contributed by atoms with E-state index in [0.717, 1.165) is 15.1 Å². The lowest BCUT2D eigenvalue weighted by Crippen LogP contribution is -2.31. The van der Waals surface area contributed by atoms with Crippen LogP contribution in [0.3, 0.4) is 0 Å². The Kier molecular flexibility index (Phi) is 2.84. The molecule has 2 aromatic rings. The number of hydrogen-bond acceptors (Lipinski definition) is 5. The van der Waals surface area contributed by atoms with Crippen LogP contribution < -0.4 is 11.2 Å². The summed E-state index contributed by atoms with van der Waals surface area (Å²) < 4.78 is 1.12. The Labute approximate surface area is 100 Å². The zero-order chi connectivity index (χ0) is 12.6. The SMILES string of the molecule is Cc1ncsc1Cn1c(O)c(C)c(=O)[nH]c1=O. The van der Waals surface area contributed by atoms with Crippen LogP contribution in [0.1, 0.15) is 16.1 Å². The van der Waals surface area contributed by atoms with Crippen LogP contribution in [0, 0.1) is 13.8 Å². The molecule has 90 valence electrons. The number of rotatable bonds is 2. The second kappa shape index (κ2) is 4.17. The third-order valence-corrected chi connectivity index (χ3v) is 3.46. The Morgan fingerprint density at radius 2 is 2.18 bits per heavy atom. The van der Waals surface area contributed by atoms with Crippen LogP contribution in [0.25, 0.3) is 0 Å². The van der Waals surface area contributed by atoms with Gasteiger partial charge in [-0.15, -0.1) is 11.3 Å². The molecule has 0 radical (unpaired) electrons. The molecule has 2 rings (SSSR count). The van der Waals surface area contributed by atoms with Crippen molar-refractivity contribution in [3.05, 3.63) is 42.5 Å². The van der Waals surface area contributed by atoms with E-state index in [4.69, 9.17) is 0 Å². The topological polar surface area (TPSA) is 88.0 Å². The molecule has 0 saturated carbocycles. The summed E-state index contributed by atoms with van der Waals surface area (Å²) in [5.74, 6) is -0.299. The van der Waals surface area contributed by atoms with Gasteiger partial charge in [-0.2, -0.15) is 0 Å². The second-order valence-electron chi connectivity index (χ2n) is 3.65. The lowest BCUT2D eigenvalue weighted by Gasteiger charge is -2.08. The van der Waals surface area contributed by atoms with Gasteiger partial charge in [0.15, 0.2) is 0 Å². The van der Waals surface area contributed by atoms with Crippen LogP contribution in [-0.4, -0.2) is 19.6 Å². The number of aromatic hydroxyl groups is 1. The molecule has 0 aliphatic carbocycles. The standard InChI is InChI=1S/C10H11N3O3S/c1-5-8(14)12-10(16)13(9(5)15)3-7-6(2)11-4-17-7/h4,15H,3H2,1-2H3,(H,12,14,16). The van der Waals surface area contributed by atoms with Gasteiger partial charge >= 0.3 is 5.69 Å². The fourth-order valence-electron chi connectivity index (χ4n) is 1.43. The quantitative estimate of drug-likeness (QED) is 0.809. The van der Waals surface area contributed by atoms with Crippen molar-refractivity contribution in [3.8, 4) is 5.88 Å². The zero-order valence-electron chi connectivity index (χ0n) is 9.35. The predicted molar refractivity (Wildman–Crippen MR) is 63.7 cm³/mol. The Hall–Kier alpha value is -1.89. The van der Waals surface area contributed by atoms with Crippen molar-refractivity contribution < 1.29 is 5.11 Å². The molecule has 0 spiro atoms. The summed E-state index contributed by atoms with van der Waals surface area (Å²) in [6.07, 6.45) is 0. The highest BCUT2D eigenvalue weighted by molar-refractivity contribution is 7.09. The second-order valence-corrected chi connectivity index (χ2v) is 4.59. The van der Waals surface area contributed by atoms with Gasteiger partial charge in [0.05, 0.1) is 23.3 Å². The highest BCUT2D eigenvalue weighted by atomic mass is 32.1. The first kappa shape index (κ1) is 11.6. The summed E-state index contributed by atoms with van der Waals surface area (Å²) in [5, 5.41) is 9.78. The number of thiazole rings is 1. The van der Waals surface area contributed by atoms with Crippen molar-refractivity contribution in [1.82, 2.24) is 14.5 Å². The zero-order valence-corrected chi connectivity index (χ0v) is 10.2. The minimum absolute atomic E-state index is 0.131. The number of aryl methyl sites for hydroxylation is 1. The molecule has 0 aliphatic rings. The first-order valence-corrected chi connectivity index (χ1v) is 5.80. The Morgan fingerprint density at radius 1 is 1.47 bits per heavy atom. The largest absolute Gasteiger partial charge is 0.494 e. The summed E-state index contributed by atoms with van der Waals surface area (Å²) in [5.41, 5.74) is 1.43. The summed E-state index contributed by atoms with van der Waals surface area (Å²) in [4.78, 5) is 29.9. The molecule has 7 heteroatoms. The molecule has 17 heavy (non-hydrogen) atoms. The van der Waals surface area contributed by atoms with Crippen molar-refractivity contribution in [2.75, 3.05) is 0 Å². The van der Waals surface area contributed by atoms with Gasteiger partial charge in [0.2, 0.25) is 5.88 Å². The molecular weight excluding hydrogens is 242 g/mol. The van der Waals surface area contributed by atoms with Gasteiger partial charge < -0.3 is 5.11 Å². The molecular formula is C10H11N3O3S. The van der Waals surface area contributed by atoms with Gasteiger partial charge in [-0.3, -0.25) is 14.3 Å². The number of H-pyrrole nitrogens is 1. The fraction of sp³-hybridized carbons (Fsp3) is 0.300. The van der Waals surface area contributed by atoms with Crippen LogP contribution in [0.5, 0.6) is 5.88 Å². The molecule has 0 aromatic carbocycles. The maximum atomic E-state index is 11.6. The van der Waals surface area contributed by atoms with Gasteiger partial charge in [-0.1, -0.05) is 0 Å². The molecule has 0 aliphatic heterocycles. The average molecular weight is 253 g/mol. The molecule has 2 N–H and O–H groups in total. The minimum Gasteiger partial charge on any atom is -0.494 e. The van der Waals surface area contributed by atoms with E-state index in [2.05, 4.69) is 9.97 Å². The summed E-state index contributed by atoms with van der Waals surface area (Å²) in [7, 11) is 0. The van der Waals surface area contributed by atoms with Crippen LogP contribution in [0.4, 0.5) is 0 Å². The molecule has 0 saturated heterocycles. The highest BCUT2D eigenvalue weighted by Gasteiger charge is 2.12. The van der Waals surface area contributed by atoms with E-state index in [1.54, 1.807) is 5.51 Å². The summed E-state index contributed by atoms with van der Waals surface area (Å²) in [6, 6.07) is 0.